The first kappa shape index (κ1) is 13.8. The van der Waals surface area contributed by atoms with Gasteiger partial charge in [-0.3, -0.25) is 0 Å². The van der Waals surface area contributed by atoms with Crippen LogP contribution in [0.5, 0.6) is 0 Å². The lowest BCUT2D eigenvalue weighted by atomic mass is 9.94. The predicted octanol–water partition coefficient (Wildman–Crippen LogP) is 1.48. The number of ether oxygens (including phenoxy) is 1. The first-order chi connectivity index (χ1) is 10.1. The van der Waals surface area contributed by atoms with Crippen LogP contribution in [-0.2, 0) is 4.74 Å². The van der Waals surface area contributed by atoms with Gasteiger partial charge in [0.05, 0.1) is 11.2 Å². The number of aliphatic hydroxyl groups is 1. The van der Waals surface area contributed by atoms with Crippen LogP contribution in [0.4, 0.5) is 6.01 Å². The predicted molar refractivity (Wildman–Crippen MR) is 74.5 cm³/mol. The van der Waals surface area contributed by atoms with Crippen molar-refractivity contribution >= 4 is 23.1 Å². The van der Waals surface area contributed by atoms with Gasteiger partial charge >= 0.3 is 5.97 Å². The molecule has 0 saturated carbocycles. The van der Waals surface area contributed by atoms with E-state index >= 15 is 0 Å². The van der Waals surface area contributed by atoms with Crippen molar-refractivity contribution in [1.82, 2.24) is 4.98 Å². The molecule has 3 N–H and O–H groups in total. The van der Waals surface area contributed by atoms with Crippen LogP contribution in [-0.4, -0.2) is 46.5 Å². The standard InChI is InChI=1S/C14H16N2O5/c17-12(18)9-1-2-10-11(7-9)21-13(16-10)15-8-14(19)3-5-20-6-4-14/h1-2,7,19H,3-6,8H2,(H,15,16)(H,17,18). The van der Waals surface area contributed by atoms with Crippen molar-refractivity contribution in [3.8, 4) is 0 Å². The largest absolute Gasteiger partial charge is 0.478 e. The van der Waals surface area contributed by atoms with Gasteiger partial charge in [0.1, 0.15) is 5.52 Å². The third kappa shape index (κ3) is 2.98. The van der Waals surface area contributed by atoms with Gasteiger partial charge in [0.15, 0.2) is 5.58 Å². The Labute approximate surface area is 120 Å². The Bertz CT molecular complexity index is 660. The molecule has 0 aliphatic carbocycles. The number of nitrogens with one attached hydrogen (secondary N) is 1. The second-order valence-electron chi connectivity index (χ2n) is 5.20. The Kier molecular flexibility index (Phi) is 3.52. The van der Waals surface area contributed by atoms with Crippen LogP contribution in [0, 0.1) is 0 Å². The molecule has 0 spiro atoms. The summed E-state index contributed by atoms with van der Waals surface area (Å²) in [5.41, 5.74) is 0.289. The first-order valence-corrected chi connectivity index (χ1v) is 6.74. The monoisotopic (exact) mass is 292 g/mol. The smallest absolute Gasteiger partial charge is 0.335 e. The van der Waals surface area contributed by atoms with Crippen molar-refractivity contribution < 1.29 is 24.2 Å². The molecule has 1 aliphatic rings. The number of benzene rings is 1. The van der Waals surface area contributed by atoms with Crippen molar-refractivity contribution in [3.05, 3.63) is 23.8 Å². The first-order valence-electron chi connectivity index (χ1n) is 6.74. The number of nitrogens with zero attached hydrogens (tertiary/aromatic N) is 1. The third-order valence-electron chi connectivity index (χ3n) is 3.63. The highest BCUT2D eigenvalue weighted by Gasteiger charge is 2.30. The molecule has 1 aromatic carbocycles. The van der Waals surface area contributed by atoms with E-state index in [-0.39, 0.29) is 11.6 Å². The van der Waals surface area contributed by atoms with Gasteiger partial charge in [-0.1, -0.05) is 0 Å². The number of hydrogen-bond acceptors (Lipinski definition) is 6. The zero-order chi connectivity index (χ0) is 14.9. The summed E-state index contributed by atoms with van der Waals surface area (Å²) in [6.07, 6.45) is 1.12. The highest BCUT2D eigenvalue weighted by atomic mass is 16.5. The summed E-state index contributed by atoms with van der Waals surface area (Å²) >= 11 is 0. The summed E-state index contributed by atoms with van der Waals surface area (Å²) in [6, 6.07) is 4.77. The van der Waals surface area contributed by atoms with E-state index in [9.17, 15) is 9.90 Å². The lowest BCUT2D eigenvalue weighted by molar-refractivity contribution is -0.0545. The molecule has 0 bridgehead atoms. The molecule has 7 heteroatoms. The van der Waals surface area contributed by atoms with Crippen LogP contribution < -0.4 is 5.32 Å². The maximum atomic E-state index is 10.9. The molecular weight excluding hydrogens is 276 g/mol. The zero-order valence-corrected chi connectivity index (χ0v) is 11.3. The van der Waals surface area contributed by atoms with E-state index in [1.807, 2.05) is 0 Å². The molecule has 0 radical (unpaired) electrons. The minimum atomic E-state index is -1.01. The minimum absolute atomic E-state index is 0.147. The van der Waals surface area contributed by atoms with E-state index in [0.717, 1.165) is 0 Å². The molecule has 0 atom stereocenters. The Morgan fingerprint density at radius 1 is 1.38 bits per heavy atom. The van der Waals surface area contributed by atoms with Crippen molar-refractivity contribution in [3.63, 3.8) is 0 Å². The molecule has 2 heterocycles. The molecule has 112 valence electrons. The maximum Gasteiger partial charge on any atom is 0.335 e. The molecule has 2 aromatic rings. The minimum Gasteiger partial charge on any atom is -0.478 e. The van der Waals surface area contributed by atoms with Gasteiger partial charge in [0.2, 0.25) is 0 Å². The highest BCUT2D eigenvalue weighted by molar-refractivity contribution is 5.92. The average Bonchev–Trinajstić information content (AvgIpc) is 2.88. The lowest BCUT2D eigenvalue weighted by Crippen LogP contribution is -2.42. The zero-order valence-electron chi connectivity index (χ0n) is 11.3. The second-order valence-corrected chi connectivity index (χ2v) is 5.20. The van der Waals surface area contributed by atoms with Gasteiger partial charge in [-0.25, -0.2) is 4.79 Å². The fourth-order valence-electron chi connectivity index (χ4n) is 2.30. The fraction of sp³-hybridized carbons (Fsp3) is 0.429. The van der Waals surface area contributed by atoms with Crippen LogP contribution in [0.1, 0.15) is 23.2 Å². The number of carboxylic acids is 1. The number of aromatic carboxylic acids is 1. The van der Waals surface area contributed by atoms with Crippen molar-refractivity contribution in [2.75, 3.05) is 25.1 Å². The molecule has 7 nitrogen and oxygen atoms in total. The average molecular weight is 292 g/mol. The van der Waals surface area contributed by atoms with Gasteiger partial charge in [-0.05, 0) is 18.2 Å². The van der Waals surface area contributed by atoms with Gasteiger partial charge < -0.3 is 24.7 Å². The SMILES string of the molecule is O=C(O)c1ccc2nc(NCC3(O)CCOCC3)oc2c1. The Morgan fingerprint density at radius 3 is 2.86 bits per heavy atom. The fourth-order valence-corrected chi connectivity index (χ4v) is 2.30. The molecule has 1 fully saturated rings. The molecule has 21 heavy (non-hydrogen) atoms. The second kappa shape index (κ2) is 5.34. The molecule has 3 rings (SSSR count). The van der Waals surface area contributed by atoms with Crippen LogP contribution in [0.25, 0.3) is 11.1 Å². The van der Waals surface area contributed by atoms with Crippen molar-refractivity contribution in [1.29, 1.82) is 0 Å². The van der Waals surface area contributed by atoms with E-state index in [0.29, 0.717) is 43.7 Å². The van der Waals surface area contributed by atoms with E-state index < -0.39 is 11.6 Å². The summed E-state index contributed by atoms with van der Waals surface area (Å²) in [7, 11) is 0. The maximum absolute atomic E-state index is 10.9. The number of fused-ring (bicyclic) bond motifs is 1. The number of oxazole rings is 1. The van der Waals surface area contributed by atoms with E-state index in [1.54, 1.807) is 6.07 Å². The Morgan fingerprint density at radius 2 is 2.14 bits per heavy atom. The molecule has 0 amide bonds. The molecule has 1 aromatic heterocycles. The van der Waals surface area contributed by atoms with Crippen LogP contribution >= 0.6 is 0 Å². The highest BCUT2D eigenvalue weighted by Crippen LogP contribution is 2.23. The summed E-state index contributed by atoms with van der Waals surface area (Å²) < 4.78 is 10.7. The summed E-state index contributed by atoms with van der Waals surface area (Å²) in [4.78, 5) is 15.1. The van der Waals surface area contributed by atoms with Gasteiger partial charge in [0, 0.05) is 32.6 Å². The van der Waals surface area contributed by atoms with E-state index in [2.05, 4.69) is 10.3 Å². The van der Waals surface area contributed by atoms with Crippen molar-refractivity contribution in [2.24, 2.45) is 0 Å². The quantitative estimate of drug-likeness (QED) is 0.783. The number of carbonyl (C=O) groups is 1. The lowest BCUT2D eigenvalue weighted by Gasteiger charge is -2.31. The van der Waals surface area contributed by atoms with Gasteiger partial charge in [-0.2, -0.15) is 4.98 Å². The summed E-state index contributed by atoms with van der Waals surface area (Å²) in [5.74, 6) is -1.01. The Hall–Kier alpha value is -2.12. The molecule has 1 saturated heterocycles. The summed E-state index contributed by atoms with van der Waals surface area (Å²) in [5, 5.41) is 22.2. The number of anilines is 1. The number of carboxylic acid groups (broad SMARTS) is 1. The number of hydrogen-bond donors (Lipinski definition) is 3. The summed E-state index contributed by atoms with van der Waals surface area (Å²) in [6.45, 7) is 1.39. The van der Waals surface area contributed by atoms with Crippen LogP contribution in [0.15, 0.2) is 22.6 Å². The van der Waals surface area contributed by atoms with Crippen LogP contribution in [0.2, 0.25) is 0 Å². The number of rotatable bonds is 4. The molecule has 1 aliphatic heterocycles. The van der Waals surface area contributed by atoms with Crippen molar-refractivity contribution in [2.45, 2.75) is 18.4 Å². The van der Waals surface area contributed by atoms with Gasteiger partial charge in [-0.15, -0.1) is 0 Å². The normalized spacial score (nSPS) is 17.8. The molecule has 0 unspecified atom stereocenters. The topological polar surface area (TPSA) is 105 Å². The van der Waals surface area contributed by atoms with E-state index in [1.165, 1.54) is 12.1 Å². The van der Waals surface area contributed by atoms with E-state index in [4.69, 9.17) is 14.3 Å². The third-order valence-corrected chi connectivity index (χ3v) is 3.63. The Balaban J connectivity index is 1.73. The molecular formula is C14H16N2O5. The van der Waals surface area contributed by atoms with Crippen LogP contribution in [0.3, 0.4) is 0 Å². The number of aromatic nitrogens is 1. The van der Waals surface area contributed by atoms with Gasteiger partial charge in [0.25, 0.3) is 6.01 Å².